The maximum atomic E-state index is 11.7. The molecule has 1 aromatic heterocycles. The van der Waals surface area contributed by atoms with Crippen LogP contribution >= 0.6 is 0 Å². The van der Waals surface area contributed by atoms with Crippen molar-refractivity contribution in [2.45, 2.75) is 38.5 Å². The minimum atomic E-state index is -0.242. The van der Waals surface area contributed by atoms with Gasteiger partial charge in [0.2, 0.25) is 0 Å². The van der Waals surface area contributed by atoms with Crippen molar-refractivity contribution >= 4 is 5.97 Å². The zero-order valence-electron chi connectivity index (χ0n) is 11.7. The van der Waals surface area contributed by atoms with Crippen molar-refractivity contribution in [1.82, 2.24) is 4.90 Å². The summed E-state index contributed by atoms with van der Waals surface area (Å²) in [6.45, 7) is 3.24. The molecule has 1 aromatic rings. The highest BCUT2D eigenvalue weighted by atomic mass is 16.5. The molecule has 0 aromatic carbocycles. The van der Waals surface area contributed by atoms with E-state index in [0.29, 0.717) is 6.61 Å². The lowest BCUT2D eigenvalue weighted by molar-refractivity contribution is -0.146. The zero-order valence-corrected chi connectivity index (χ0v) is 11.7. The number of rotatable bonds is 5. The van der Waals surface area contributed by atoms with Crippen molar-refractivity contribution in [3.63, 3.8) is 0 Å². The van der Waals surface area contributed by atoms with Crippen LogP contribution in [-0.2, 0) is 20.9 Å². The number of likely N-dealkylation sites (tertiary alicyclic amines) is 1. The fourth-order valence-electron chi connectivity index (χ4n) is 2.66. The van der Waals surface area contributed by atoms with Crippen LogP contribution in [0.4, 0.5) is 0 Å². The molecule has 0 saturated carbocycles. The number of esters is 1. The summed E-state index contributed by atoms with van der Waals surface area (Å²) in [6.07, 6.45) is 2.06. The van der Waals surface area contributed by atoms with Crippen LogP contribution in [0.5, 0.6) is 0 Å². The highest BCUT2D eigenvalue weighted by Crippen LogP contribution is 2.34. The SMILES string of the molecule is COCc1ccc([C@H]2CCCN2[C@H](C)C(=O)OC)o1. The van der Waals surface area contributed by atoms with Crippen LogP contribution in [-0.4, -0.2) is 37.7 Å². The fraction of sp³-hybridized carbons (Fsp3) is 0.643. The van der Waals surface area contributed by atoms with E-state index in [1.165, 1.54) is 7.11 Å². The van der Waals surface area contributed by atoms with Crippen molar-refractivity contribution < 1.29 is 18.7 Å². The van der Waals surface area contributed by atoms with E-state index in [2.05, 4.69) is 4.90 Å². The molecule has 5 nitrogen and oxygen atoms in total. The predicted molar refractivity (Wildman–Crippen MR) is 69.6 cm³/mol. The number of methoxy groups -OCH3 is 2. The second-order valence-electron chi connectivity index (χ2n) is 4.83. The first kappa shape index (κ1) is 14.1. The standard InChI is InChI=1S/C14H21NO4/c1-10(14(16)18-3)15-8-4-5-12(15)13-7-6-11(19-13)9-17-2/h6-7,10,12H,4-5,8-9H2,1-3H3/t10-,12-/m1/s1. The van der Waals surface area contributed by atoms with Crippen LogP contribution in [0.3, 0.4) is 0 Å². The Labute approximate surface area is 113 Å². The minimum Gasteiger partial charge on any atom is -0.468 e. The van der Waals surface area contributed by atoms with Gasteiger partial charge in [0.15, 0.2) is 0 Å². The minimum absolute atomic E-state index is 0.153. The summed E-state index contributed by atoms with van der Waals surface area (Å²) in [5.41, 5.74) is 0. The van der Waals surface area contributed by atoms with Crippen molar-refractivity contribution in [1.29, 1.82) is 0 Å². The highest BCUT2D eigenvalue weighted by Gasteiger charge is 2.35. The molecule has 1 fully saturated rings. The van der Waals surface area contributed by atoms with Gasteiger partial charge in [-0.05, 0) is 38.4 Å². The van der Waals surface area contributed by atoms with E-state index in [9.17, 15) is 4.79 Å². The van der Waals surface area contributed by atoms with Crippen molar-refractivity contribution in [3.05, 3.63) is 23.7 Å². The molecule has 2 heterocycles. The second-order valence-corrected chi connectivity index (χ2v) is 4.83. The summed E-state index contributed by atoms with van der Waals surface area (Å²) in [6, 6.07) is 3.81. The summed E-state index contributed by atoms with van der Waals surface area (Å²) in [4.78, 5) is 13.8. The average Bonchev–Trinajstić information content (AvgIpc) is 3.05. The van der Waals surface area contributed by atoms with E-state index in [1.807, 2.05) is 19.1 Å². The zero-order chi connectivity index (χ0) is 13.8. The quantitative estimate of drug-likeness (QED) is 0.765. The van der Waals surface area contributed by atoms with Crippen molar-refractivity contribution in [2.24, 2.45) is 0 Å². The Morgan fingerprint density at radius 2 is 2.32 bits per heavy atom. The maximum Gasteiger partial charge on any atom is 0.322 e. The first-order chi connectivity index (χ1) is 9.17. The summed E-state index contributed by atoms with van der Waals surface area (Å²) < 4.78 is 15.7. The summed E-state index contributed by atoms with van der Waals surface area (Å²) in [5, 5.41) is 0. The number of hydrogen-bond acceptors (Lipinski definition) is 5. The lowest BCUT2D eigenvalue weighted by Gasteiger charge is -2.27. The summed E-state index contributed by atoms with van der Waals surface area (Å²) in [7, 11) is 3.07. The Hall–Kier alpha value is -1.33. The van der Waals surface area contributed by atoms with Gasteiger partial charge in [0, 0.05) is 7.11 Å². The molecule has 0 spiro atoms. The van der Waals surface area contributed by atoms with E-state index >= 15 is 0 Å². The Morgan fingerprint density at radius 3 is 3.00 bits per heavy atom. The average molecular weight is 267 g/mol. The molecular formula is C14H21NO4. The van der Waals surface area contributed by atoms with E-state index in [1.54, 1.807) is 7.11 Å². The maximum absolute atomic E-state index is 11.7. The van der Waals surface area contributed by atoms with Gasteiger partial charge < -0.3 is 13.9 Å². The monoisotopic (exact) mass is 267 g/mol. The third-order valence-corrected chi connectivity index (χ3v) is 3.63. The number of furan rings is 1. The molecule has 1 aliphatic rings. The van der Waals surface area contributed by atoms with Crippen LogP contribution in [0.1, 0.15) is 37.3 Å². The molecule has 0 amide bonds. The molecule has 2 rings (SSSR count). The van der Waals surface area contributed by atoms with Crippen LogP contribution in [0, 0.1) is 0 Å². The molecule has 5 heteroatoms. The van der Waals surface area contributed by atoms with Crippen LogP contribution < -0.4 is 0 Å². The van der Waals surface area contributed by atoms with Crippen LogP contribution in [0.25, 0.3) is 0 Å². The fourth-order valence-corrected chi connectivity index (χ4v) is 2.66. The van der Waals surface area contributed by atoms with Crippen molar-refractivity contribution in [2.75, 3.05) is 20.8 Å². The predicted octanol–water partition coefficient (Wildman–Crippen LogP) is 2.12. The van der Waals surface area contributed by atoms with Crippen LogP contribution in [0.2, 0.25) is 0 Å². The Balaban J connectivity index is 2.11. The normalized spacial score (nSPS) is 21.5. The first-order valence-electron chi connectivity index (χ1n) is 6.58. The molecule has 1 aliphatic heterocycles. The third kappa shape index (κ3) is 2.98. The topological polar surface area (TPSA) is 51.9 Å². The first-order valence-corrected chi connectivity index (χ1v) is 6.58. The molecule has 1 saturated heterocycles. The largest absolute Gasteiger partial charge is 0.468 e. The molecule has 0 bridgehead atoms. The lowest BCUT2D eigenvalue weighted by Crippen LogP contribution is -2.39. The molecule has 19 heavy (non-hydrogen) atoms. The van der Waals surface area contributed by atoms with Gasteiger partial charge in [-0.2, -0.15) is 0 Å². The summed E-state index contributed by atoms with van der Waals surface area (Å²) >= 11 is 0. The molecule has 0 aliphatic carbocycles. The molecule has 106 valence electrons. The van der Waals surface area contributed by atoms with Gasteiger partial charge >= 0.3 is 5.97 Å². The molecule has 0 N–H and O–H groups in total. The van der Waals surface area contributed by atoms with Gasteiger partial charge in [-0.3, -0.25) is 9.69 Å². The molecule has 0 unspecified atom stereocenters. The van der Waals surface area contributed by atoms with Crippen LogP contribution in [0.15, 0.2) is 16.5 Å². The number of ether oxygens (including phenoxy) is 2. The Morgan fingerprint density at radius 1 is 1.53 bits per heavy atom. The number of hydrogen-bond donors (Lipinski definition) is 0. The van der Waals surface area contributed by atoms with Crippen molar-refractivity contribution in [3.8, 4) is 0 Å². The Kier molecular flexibility index (Phi) is 4.61. The molecular weight excluding hydrogens is 246 g/mol. The highest BCUT2D eigenvalue weighted by molar-refractivity contribution is 5.75. The smallest absolute Gasteiger partial charge is 0.322 e. The van der Waals surface area contributed by atoms with E-state index in [4.69, 9.17) is 13.9 Å². The van der Waals surface area contributed by atoms with Gasteiger partial charge in [-0.1, -0.05) is 0 Å². The van der Waals surface area contributed by atoms with Gasteiger partial charge in [-0.25, -0.2) is 0 Å². The van der Waals surface area contributed by atoms with Gasteiger partial charge in [0.1, 0.15) is 24.2 Å². The molecule has 0 radical (unpaired) electrons. The van der Waals surface area contributed by atoms with E-state index < -0.39 is 0 Å². The lowest BCUT2D eigenvalue weighted by atomic mass is 10.1. The second kappa shape index (κ2) is 6.21. The van der Waals surface area contributed by atoms with E-state index in [-0.39, 0.29) is 18.1 Å². The van der Waals surface area contributed by atoms with E-state index in [0.717, 1.165) is 30.9 Å². The van der Waals surface area contributed by atoms with Gasteiger partial charge in [-0.15, -0.1) is 0 Å². The third-order valence-electron chi connectivity index (χ3n) is 3.63. The molecule has 2 atom stereocenters. The number of nitrogens with zero attached hydrogens (tertiary/aromatic N) is 1. The number of carbonyl (C=O) groups is 1. The summed E-state index contributed by atoms with van der Waals surface area (Å²) in [5.74, 6) is 1.52. The van der Waals surface area contributed by atoms with Gasteiger partial charge in [0.25, 0.3) is 0 Å². The van der Waals surface area contributed by atoms with Gasteiger partial charge in [0.05, 0.1) is 13.2 Å². The number of carbonyl (C=O) groups excluding carboxylic acids is 1. The Bertz CT molecular complexity index is 429.